The van der Waals surface area contributed by atoms with Crippen LogP contribution in [-0.2, 0) is 23.1 Å². The van der Waals surface area contributed by atoms with Crippen LogP contribution in [0, 0.1) is 0 Å². The van der Waals surface area contributed by atoms with Gasteiger partial charge < -0.3 is 20.5 Å². The summed E-state index contributed by atoms with van der Waals surface area (Å²) in [6.45, 7) is 1.36. The first kappa shape index (κ1) is 52.5. The minimum absolute atomic E-state index is 0.0749. The van der Waals surface area contributed by atoms with Gasteiger partial charge in [-0.25, -0.2) is 4.57 Å². The molecule has 0 saturated carbocycles. The molecule has 0 heterocycles. The van der Waals surface area contributed by atoms with Gasteiger partial charge in [-0.15, -0.1) is 0 Å². The van der Waals surface area contributed by atoms with Crippen molar-refractivity contribution in [3.05, 3.63) is 48.6 Å². The Balaban J connectivity index is 3.28. The zero-order chi connectivity index (χ0) is 39.5. The van der Waals surface area contributed by atoms with Gasteiger partial charge in [0.1, 0.15) is 12.7 Å². The van der Waals surface area contributed by atoms with Gasteiger partial charge in [0.2, 0.25) is 0 Å². The average Bonchev–Trinajstić information content (AvgIpc) is 3.16. The Hall–Kier alpha value is -1.54. The number of allylic oxidation sites excluding steroid dienone is 8. The van der Waals surface area contributed by atoms with Gasteiger partial charge in [0.15, 0.2) is 0 Å². The van der Waals surface area contributed by atoms with Crippen LogP contribution in [0.15, 0.2) is 48.6 Å². The molecule has 0 aliphatic carbocycles. The molecule has 0 aromatic carbocycles. The number of carbonyl (C=O) groups excluding carboxylic acids is 1. The molecule has 54 heavy (non-hydrogen) atoms. The molecule has 2 atom stereocenters. The van der Waals surface area contributed by atoms with Crippen molar-refractivity contribution in [2.45, 2.75) is 206 Å². The lowest BCUT2D eigenvalue weighted by Gasteiger charge is -2.15. The topological polar surface area (TPSA) is 128 Å². The zero-order valence-corrected chi connectivity index (χ0v) is 35.6. The molecule has 0 bridgehead atoms. The third kappa shape index (κ3) is 43.2. The second-order valence-electron chi connectivity index (χ2n) is 14.7. The maximum absolute atomic E-state index is 11.9. The van der Waals surface area contributed by atoms with Crippen LogP contribution >= 0.6 is 7.82 Å². The molecule has 0 amide bonds. The number of aliphatic hydroxyl groups is 1. The molecular weight excluding hydrogens is 697 g/mol. The summed E-state index contributed by atoms with van der Waals surface area (Å²) >= 11 is 0. The Morgan fingerprint density at radius 1 is 0.556 bits per heavy atom. The van der Waals surface area contributed by atoms with Gasteiger partial charge in [-0.1, -0.05) is 197 Å². The van der Waals surface area contributed by atoms with Crippen molar-refractivity contribution in [2.75, 3.05) is 26.4 Å². The van der Waals surface area contributed by atoms with Gasteiger partial charge in [-0.05, 0) is 44.9 Å². The van der Waals surface area contributed by atoms with Crippen molar-refractivity contribution in [3.63, 3.8) is 0 Å². The standard InChI is InChI=1S/C45H84NO7P/c1-2-3-4-5-6-7-8-9-10-11-12-13-14-15-16-17-18-19-20-21-22-23-24-25-26-27-28-29-30-31-32-33-34-35-36-37-38-39-45(48)51-42-44(47)43-53-54(49,50)52-41-40-46/h3-4,6-7,9-10,12-13,44,47H,2,5,8,11,14-43,46H2,1H3,(H,49,50)/b4-3-,7-6-,10-9-,13-12-. The molecule has 8 nitrogen and oxygen atoms in total. The van der Waals surface area contributed by atoms with E-state index in [1.807, 2.05) is 0 Å². The average molecular weight is 782 g/mol. The van der Waals surface area contributed by atoms with Gasteiger partial charge >= 0.3 is 13.8 Å². The predicted octanol–water partition coefficient (Wildman–Crippen LogP) is 12.9. The number of carbonyl (C=O) groups is 1. The highest BCUT2D eigenvalue weighted by atomic mass is 31.2. The number of esters is 1. The van der Waals surface area contributed by atoms with Gasteiger partial charge in [0.05, 0.1) is 13.2 Å². The molecule has 0 spiro atoms. The van der Waals surface area contributed by atoms with Crippen molar-refractivity contribution in [3.8, 4) is 0 Å². The lowest BCUT2D eigenvalue weighted by molar-refractivity contribution is -0.147. The highest BCUT2D eigenvalue weighted by molar-refractivity contribution is 7.47. The summed E-state index contributed by atoms with van der Waals surface area (Å²) in [5, 5.41) is 9.77. The summed E-state index contributed by atoms with van der Waals surface area (Å²) in [7, 11) is -4.25. The number of rotatable bonds is 42. The first-order valence-electron chi connectivity index (χ1n) is 22.2. The van der Waals surface area contributed by atoms with Crippen LogP contribution in [0.3, 0.4) is 0 Å². The molecule has 0 saturated heterocycles. The number of hydrogen-bond donors (Lipinski definition) is 3. The summed E-state index contributed by atoms with van der Waals surface area (Å²) in [6, 6.07) is 0. The van der Waals surface area contributed by atoms with E-state index >= 15 is 0 Å². The van der Waals surface area contributed by atoms with Crippen molar-refractivity contribution < 1.29 is 33.1 Å². The molecule has 0 fully saturated rings. The molecule has 2 unspecified atom stereocenters. The lowest BCUT2D eigenvalue weighted by Crippen LogP contribution is -2.23. The van der Waals surface area contributed by atoms with E-state index in [1.54, 1.807) is 0 Å². The van der Waals surface area contributed by atoms with Gasteiger partial charge in [0.25, 0.3) is 0 Å². The van der Waals surface area contributed by atoms with Crippen molar-refractivity contribution in [2.24, 2.45) is 5.73 Å². The summed E-state index contributed by atoms with van der Waals surface area (Å²) in [4.78, 5) is 21.2. The van der Waals surface area contributed by atoms with E-state index in [0.717, 1.165) is 44.9 Å². The Morgan fingerprint density at radius 3 is 1.33 bits per heavy atom. The predicted molar refractivity (Wildman–Crippen MR) is 228 cm³/mol. The Kier molecular flexibility index (Phi) is 41.4. The molecular formula is C45H84NO7P. The number of unbranched alkanes of at least 4 members (excludes halogenated alkanes) is 24. The fourth-order valence-electron chi connectivity index (χ4n) is 6.21. The second kappa shape index (κ2) is 42.6. The van der Waals surface area contributed by atoms with Crippen LogP contribution in [0.4, 0.5) is 0 Å². The fourth-order valence-corrected chi connectivity index (χ4v) is 6.98. The van der Waals surface area contributed by atoms with Crippen LogP contribution in [0.25, 0.3) is 0 Å². The number of hydrogen-bond acceptors (Lipinski definition) is 7. The van der Waals surface area contributed by atoms with E-state index in [-0.39, 0.29) is 25.7 Å². The summed E-state index contributed by atoms with van der Waals surface area (Å²) in [5.41, 5.74) is 5.20. The van der Waals surface area contributed by atoms with Gasteiger partial charge in [-0.3, -0.25) is 13.8 Å². The molecule has 0 radical (unpaired) electrons. The highest BCUT2D eigenvalue weighted by Gasteiger charge is 2.22. The molecule has 4 N–H and O–H groups in total. The molecule has 0 aliphatic rings. The minimum Gasteiger partial charge on any atom is -0.463 e. The molecule has 0 aromatic rings. The summed E-state index contributed by atoms with van der Waals surface area (Å²) < 4.78 is 25.8. The van der Waals surface area contributed by atoms with E-state index in [1.165, 1.54) is 141 Å². The van der Waals surface area contributed by atoms with Crippen LogP contribution in [0.2, 0.25) is 0 Å². The van der Waals surface area contributed by atoms with Crippen molar-refractivity contribution in [1.82, 2.24) is 0 Å². The largest absolute Gasteiger partial charge is 0.472 e. The highest BCUT2D eigenvalue weighted by Crippen LogP contribution is 2.42. The number of nitrogens with two attached hydrogens (primary N) is 1. The van der Waals surface area contributed by atoms with E-state index in [2.05, 4.69) is 64.6 Å². The number of ether oxygens (including phenoxy) is 1. The maximum Gasteiger partial charge on any atom is 0.472 e. The van der Waals surface area contributed by atoms with Crippen LogP contribution in [-0.4, -0.2) is 48.4 Å². The lowest BCUT2D eigenvalue weighted by atomic mass is 10.0. The molecule has 0 rings (SSSR count). The van der Waals surface area contributed by atoms with Crippen molar-refractivity contribution in [1.29, 1.82) is 0 Å². The Labute approximate surface area is 332 Å². The third-order valence-corrected chi connectivity index (χ3v) is 10.4. The maximum atomic E-state index is 11.9. The van der Waals surface area contributed by atoms with E-state index < -0.39 is 20.5 Å². The fraction of sp³-hybridized carbons (Fsp3) is 0.800. The molecule has 0 aromatic heterocycles. The number of phosphoric acid groups is 1. The van der Waals surface area contributed by atoms with E-state index in [0.29, 0.717) is 6.42 Å². The first-order chi connectivity index (χ1) is 26.4. The quantitative estimate of drug-likeness (QED) is 0.0242. The first-order valence-corrected chi connectivity index (χ1v) is 23.7. The van der Waals surface area contributed by atoms with Gasteiger partial charge in [-0.2, -0.15) is 0 Å². The summed E-state index contributed by atoms with van der Waals surface area (Å²) in [6.07, 6.45) is 54.6. The number of phosphoric ester groups is 1. The normalized spacial score (nSPS) is 13.9. The second-order valence-corrected chi connectivity index (χ2v) is 16.2. The van der Waals surface area contributed by atoms with E-state index in [4.69, 9.17) is 10.5 Å². The Bertz CT molecular complexity index is 968. The van der Waals surface area contributed by atoms with Crippen LogP contribution in [0.5, 0.6) is 0 Å². The van der Waals surface area contributed by atoms with Crippen LogP contribution < -0.4 is 5.73 Å². The number of aliphatic hydroxyl groups excluding tert-OH is 1. The molecule has 316 valence electrons. The smallest absolute Gasteiger partial charge is 0.463 e. The van der Waals surface area contributed by atoms with Crippen LogP contribution in [0.1, 0.15) is 200 Å². The van der Waals surface area contributed by atoms with Gasteiger partial charge in [0, 0.05) is 13.0 Å². The van der Waals surface area contributed by atoms with Crippen molar-refractivity contribution >= 4 is 13.8 Å². The summed E-state index contributed by atoms with van der Waals surface area (Å²) in [5.74, 6) is -0.382. The molecule has 9 heteroatoms. The van der Waals surface area contributed by atoms with E-state index in [9.17, 15) is 19.4 Å². The SMILES string of the molecule is CC/C=C\C/C=C\C/C=C\C/C=C\CCCCCCCCCCCCCCCCCCCCCCCCCCC(=O)OCC(O)COP(=O)(O)OCCN. The monoisotopic (exact) mass is 782 g/mol. The Morgan fingerprint density at radius 2 is 0.926 bits per heavy atom. The zero-order valence-electron chi connectivity index (χ0n) is 34.7. The third-order valence-electron chi connectivity index (χ3n) is 9.46. The minimum atomic E-state index is -4.25. The molecule has 0 aliphatic heterocycles.